The summed E-state index contributed by atoms with van der Waals surface area (Å²) in [6.45, 7) is 11.8. The highest BCUT2D eigenvalue weighted by molar-refractivity contribution is 5.63. The third kappa shape index (κ3) is 63.6. The van der Waals surface area contributed by atoms with Crippen molar-refractivity contribution in [1.82, 2.24) is 0 Å². The van der Waals surface area contributed by atoms with E-state index in [1.807, 2.05) is 0 Å². The molecule has 0 radical (unpaired) electrons. The van der Waals surface area contributed by atoms with Crippen LogP contribution in [-0.2, 0) is 4.79 Å². The quantitative estimate of drug-likeness (QED) is 0.0739. The van der Waals surface area contributed by atoms with Crippen LogP contribution in [0.3, 0.4) is 0 Å². The largest absolute Gasteiger partial charge is 0.481 e. The lowest BCUT2D eigenvalue weighted by atomic mass is 9.92. The van der Waals surface area contributed by atoms with E-state index in [0.29, 0.717) is 18.4 Å². The molecule has 0 aromatic rings. The molecule has 0 rings (SSSR count). The molecule has 0 saturated heterocycles. The van der Waals surface area contributed by atoms with E-state index in [4.69, 9.17) is 25.2 Å². The summed E-state index contributed by atoms with van der Waals surface area (Å²) >= 11 is 0. The number of carbonyl (C=O) groups is 1. The summed E-state index contributed by atoms with van der Waals surface area (Å²) in [5.41, 5.74) is 0. The minimum absolute atomic E-state index is 0. The van der Waals surface area contributed by atoms with Crippen molar-refractivity contribution < 1.29 is 50.7 Å². The van der Waals surface area contributed by atoms with Crippen molar-refractivity contribution in [2.24, 2.45) is 11.8 Å². The zero-order valence-corrected chi connectivity index (χ0v) is 31.5. The van der Waals surface area contributed by atoms with E-state index >= 15 is 0 Å². The molecule has 6 heteroatoms. The Balaban J connectivity index is -0.0000000236. The van der Waals surface area contributed by atoms with Crippen molar-refractivity contribution in [3.63, 3.8) is 0 Å². The van der Waals surface area contributed by atoms with Gasteiger partial charge >= 0.3 is 0 Å². The average Bonchev–Trinajstić information content (AvgIpc) is 3.08. The topological polar surface area (TPSA) is 129 Å². The number of carboxylic acid groups (broad SMARTS) is 1. The number of unbranched alkanes of at least 4 members (excludes halogenated alkanes) is 13. The van der Waals surface area contributed by atoms with E-state index in [9.17, 15) is 0 Å². The molecule has 0 aromatic carbocycles. The summed E-state index contributed by atoms with van der Waals surface area (Å²) in [5.74, 6) is 35.5. The molecular weight excluding hydrogens is 612 g/mol. The van der Waals surface area contributed by atoms with Crippen molar-refractivity contribution in [2.75, 3.05) is 19.8 Å². The van der Waals surface area contributed by atoms with Crippen LogP contribution < -0.4 is 0 Å². The van der Waals surface area contributed by atoms with Crippen molar-refractivity contribution >= 4 is 5.97 Å². The molecule has 0 aromatic heterocycles. The maximum atomic E-state index is 9.00. The molecule has 2 unspecified atom stereocenters. The summed E-state index contributed by atoms with van der Waals surface area (Å²) in [6, 6.07) is 0. The fourth-order valence-corrected chi connectivity index (χ4v) is 3.96. The number of rotatable bonds is 20. The molecule has 0 aliphatic carbocycles. The van der Waals surface area contributed by atoms with Gasteiger partial charge in [-0.1, -0.05) is 129 Å². The van der Waals surface area contributed by atoms with Gasteiger partial charge in [0, 0.05) is 46.7 Å². The number of aliphatic carboxylic acids is 1. The molecule has 2 atom stereocenters. The molecule has 49 heavy (non-hydrogen) atoms. The summed E-state index contributed by atoms with van der Waals surface area (Å²) in [6.07, 6.45) is 22.2. The molecule has 0 fully saturated rings. The molecule has 0 bridgehead atoms. The molecule has 0 saturated carbocycles. The Kier molecular flexibility index (Phi) is 59.9. The van der Waals surface area contributed by atoms with Crippen LogP contribution >= 0.6 is 0 Å². The fraction of sp³-hybridized carbons (Fsp3) is 0.651. The maximum Gasteiger partial charge on any atom is 0.300 e. The van der Waals surface area contributed by atoms with E-state index < -0.39 is 5.97 Å². The SMILES string of the molecule is CC#CC#CC#CC#CC#CC#CC#CC.CC(=O)O.CCC(CO)CC(CC)CO.CCCCCCCCCCCCCCCCO.O.[HH].[HH].[HH].[HH].[HH].[HH].[HH].[HH].[HH].[HH].[HH].[HH].[HH].[HH]. The van der Waals surface area contributed by atoms with Crippen molar-refractivity contribution in [2.45, 2.75) is 151 Å². The van der Waals surface area contributed by atoms with Gasteiger partial charge in [0.25, 0.3) is 5.97 Å². The monoisotopic (exact) mass is 707 g/mol. The minimum Gasteiger partial charge on any atom is -0.481 e. The molecule has 6 nitrogen and oxygen atoms in total. The Bertz CT molecular complexity index is 1120. The van der Waals surface area contributed by atoms with E-state index in [-0.39, 0.29) is 38.7 Å². The second-order valence-corrected chi connectivity index (χ2v) is 11.0. The van der Waals surface area contributed by atoms with Crippen molar-refractivity contribution in [3.8, 4) is 82.9 Å². The zero-order valence-electron chi connectivity index (χ0n) is 31.5. The highest BCUT2D eigenvalue weighted by atomic mass is 16.4. The van der Waals surface area contributed by atoms with Crippen LogP contribution in [0.2, 0.25) is 0 Å². The van der Waals surface area contributed by atoms with Gasteiger partial charge in [0.15, 0.2) is 0 Å². The van der Waals surface area contributed by atoms with Gasteiger partial charge in [0.1, 0.15) is 0 Å². The molecule has 302 valence electrons. The van der Waals surface area contributed by atoms with Crippen LogP contribution in [0.4, 0.5) is 0 Å². The van der Waals surface area contributed by atoms with Gasteiger partial charge in [-0.2, -0.15) is 0 Å². The molecular formula is C43H94O6. The predicted molar refractivity (Wildman–Crippen MR) is 236 cm³/mol. The fourth-order valence-electron chi connectivity index (χ4n) is 3.96. The molecule has 0 spiro atoms. The van der Waals surface area contributed by atoms with Crippen LogP contribution in [0.1, 0.15) is 171 Å². The highest BCUT2D eigenvalue weighted by Crippen LogP contribution is 2.17. The summed E-state index contributed by atoms with van der Waals surface area (Å²) in [7, 11) is 0. The van der Waals surface area contributed by atoms with Gasteiger partial charge in [0.05, 0.1) is 0 Å². The Morgan fingerprint density at radius 3 is 0.959 bits per heavy atom. The van der Waals surface area contributed by atoms with Crippen LogP contribution in [0.25, 0.3) is 0 Å². The van der Waals surface area contributed by atoms with Gasteiger partial charge in [-0.25, -0.2) is 0 Å². The molecule has 0 aliphatic heterocycles. The first kappa shape index (κ1) is 54.7. The Hall–Kier alpha value is -3.77. The Labute approximate surface area is 322 Å². The third-order valence-corrected chi connectivity index (χ3v) is 6.79. The van der Waals surface area contributed by atoms with Crippen molar-refractivity contribution in [1.29, 1.82) is 0 Å². The lowest BCUT2D eigenvalue weighted by Crippen LogP contribution is -2.14. The van der Waals surface area contributed by atoms with E-state index in [0.717, 1.165) is 32.6 Å². The van der Waals surface area contributed by atoms with E-state index in [2.05, 4.69) is 104 Å². The van der Waals surface area contributed by atoms with Crippen LogP contribution in [0.5, 0.6) is 0 Å². The number of hydrogen-bond donors (Lipinski definition) is 4. The Morgan fingerprint density at radius 2 is 0.755 bits per heavy atom. The van der Waals surface area contributed by atoms with Crippen LogP contribution in [0.15, 0.2) is 0 Å². The standard InChI is InChI=1S/C16H34O.C16H6.C9H20O2.C2H4O2.H2O.14H2/c1-2-3-4-5-6-7-8-9-10-11-12-13-14-15-16-17;1-3-5-7-9-11-13-15-16-14-12-10-8-6-4-2;1-3-8(6-10)5-9(4-2)7-11;1-2(3)4;;;;;;;;;;;;;;;/h17H,2-16H2,1H3;1-2H3;8-11H,3-7H2,1-2H3;1H3,(H,3,4);1H2;14*1H. The first-order chi connectivity index (χ1) is 23.3. The zero-order chi connectivity index (χ0) is 36.8. The van der Waals surface area contributed by atoms with Crippen molar-refractivity contribution in [3.05, 3.63) is 0 Å². The first-order valence-corrected chi connectivity index (χ1v) is 17.7. The third-order valence-electron chi connectivity index (χ3n) is 6.79. The molecule has 0 aliphatic rings. The smallest absolute Gasteiger partial charge is 0.300 e. The number of aliphatic hydroxyl groups is 3. The lowest BCUT2D eigenvalue weighted by Gasteiger charge is -2.17. The number of aliphatic hydroxyl groups excluding tert-OH is 3. The van der Waals surface area contributed by atoms with E-state index in [1.165, 1.54) is 83.5 Å². The second-order valence-electron chi connectivity index (χ2n) is 11.0. The number of hydrogen-bond acceptors (Lipinski definition) is 4. The molecule has 0 amide bonds. The van der Waals surface area contributed by atoms with Gasteiger partial charge in [0.2, 0.25) is 0 Å². The summed E-state index contributed by atoms with van der Waals surface area (Å²) in [4.78, 5) is 9.00. The average molecular weight is 707 g/mol. The van der Waals surface area contributed by atoms with Gasteiger partial charge in [-0.05, 0) is 110 Å². The van der Waals surface area contributed by atoms with E-state index in [1.54, 1.807) is 13.8 Å². The first-order valence-electron chi connectivity index (χ1n) is 17.7. The highest BCUT2D eigenvalue weighted by Gasteiger charge is 2.11. The summed E-state index contributed by atoms with van der Waals surface area (Å²) < 4.78 is 0. The van der Waals surface area contributed by atoms with Crippen LogP contribution in [0, 0.1) is 94.7 Å². The van der Waals surface area contributed by atoms with Gasteiger partial charge in [-0.3, -0.25) is 4.79 Å². The minimum atomic E-state index is -0.833. The van der Waals surface area contributed by atoms with Gasteiger partial charge < -0.3 is 25.9 Å². The molecule has 0 heterocycles. The normalized spacial score (nSPS) is 9.24. The van der Waals surface area contributed by atoms with Gasteiger partial charge in [-0.15, -0.1) is 0 Å². The maximum absolute atomic E-state index is 9.00. The van der Waals surface area contributed by atoms with Crippen LogP contribution in [-0.4, -0.2) is 51.7 Å². The second kappa shape index (κ2) is 53.7. The molecule has 6 N–H and O–H groups in total. The number of carboxylic acids is 1. The lowest BCUT2D eigenvalue weighted by molar-refractivity contribution is -0.134. The summed E-state index contributed by atoms with van der Waals surface area (Å²) in [5, 5.41) is 33.8. The Morgan fingerprint density at radius 1 is 0.510 bits per heavy atom. The predicted octanol–water partition coefficient (Wildman–Crippen LogP) is 10.6.